The van der Waals surface area contributed by atoms with Gasteiger partial charge in [0.15, 0.2) is 0 Å². The van der Waals surface area contributed by atoms with Crippen LogP contribution in [0, 0.1) is 6.92 Å². The minimum Gasteiger partial charge on any atom is -0.465 e. The van der Waals surface area contributed by atoms with Crippen LogP contribution in [-0.4, -0.2) is 24.0 Å². The summed E-state index contributed by atoms with van der Waals surface area (Å²) in [6, 6.07) is 2.18. The molecule has 0 unspecified atom stereocenters. The van der Waals surface area contributed by atoms with Crippen LogP contribution >= 0.6 is 0 Å². The lowest BCUT2D eigenvalue weighted by atomic mass is 10.00. The van der Waals surface area contributed by atoms with E-state index in [-0.39, 0.29) is 5.54 Å². The van der Waals surface area contributed by atoms with Gasteiger partial charge in [-0.2, -0.15) is 0 Å². The Morgan fingerprint density at radius 2 is 2.00 bits per heavy atom. The van der Waals surface area contributed by atoms with Gasteiger partial charge in [-0.05, 0) is 46.9 Å². The second-order valence-electron chi connectivity index (χ2n) is 5.60. The van der Waals surface area contributed by atoms with Gasteiger partial charge in [0, 0.05) is 17.6 Å². The van der Waals surface area contributed by atoms with Crippen molar-refractivity contribution in [1.29, 1.82) is 0 Å². The van der Waals surface area contributed by atoms with E-state index in [4.69, 9.17) is 4.42 Å². The molecule has 1 aromatic heterocycles. The highest BCUT2D eigenvalue weighted by Crippen LogP contribution is 2.22. The number of hydrogen-bond donors (Lipinski definition) is 1. The Hall–Kier alpha value is -0.800. The quantitative estimate of drug-likeness (QED) is 0.807. The Morgan fingerprint density at radius 3 is 2.56 bits per heavy atom. The smallest absolute Gasteiger partial charge is 0.118 e. The van der Waals surface area contributed by atoms with E-state index >= 15 is 0 Å². The Kier molecular flexibility index (Phi) is 5.42. The predicted octanol–water partition coefficient (Wildman–Crippen LogP) is 3.32. The SMILES string of the molecule is CCNCc1cc(CN(C)C(C)(C)CC)oc1C. The van der Waals surface area contributed by atoms with Gasteiger partial charge in [0.2, 0.25) is 0 Å². The first-order valence-electron chi connectivity index (χ1n) is 6.90. The first-order chi connectivity index (χ1) is 8.40. The largest absolute Gasteiger partial charge is 0.465 e. The molecule has 0 aliphatic rings. The summed E-state index contributed by atoms with van der Waals surface area (Å²) in [6.45, 7) is 13.7. The highest BCUT2D eigenvalue weighted by atomic mass is 16.3. The van der Waals surface area contributed by atoms with E-state index in [1.54, 1.807) is 0 Å². The van der Waals surface area contributed by atoms with Crippen molar-refractivity contribution in [3.05, 3.63) is 23.2 Å². The first kappa shape index (κ1) is 15.3. The number of rotatable bonds is 7. The van der Waals surface area contributed by atoms with Crippen molar-refractivity contribution in [3.8, 4) is 0 Å². The fraction of sp³-hybridized carbons (Fsp3) is 0.733. The van der Waals surface area contributed by atoms with Crippen LogP contribution in [-0.2, 0) is 13.1 Å². The molecule has 0 amide bonds. The third-order valence-corrected chi connectivity index (χ3v) is 3.93. The number of hydrogen-bond acceptors (Lipinski definition) is 3. The Morgan fingerprint density at radius 1 is 1.33 bits per heavy atom. The van der Waals surface area contributed by atoms with Gasteiger partial charge < -0.3 is 9.73 Å². The summed E-state index contributed by atoms with van der Waals surface area (Å²) in [5.74, 6) is 2.10. The van der Waals surface area contributed by atoms with Crippen LogP contribution in [0.25, 0.3) is 0 Å². The summed E-state index contributed by atoms with van der Waals surface area (Å²) in [5, 5.41) is 3.34. The Balaban J connectivity index is 2.68. The number of furan rings is 1. The molecule has 104 valence electrons. The predicted molar refractivity (Wildman–Crippen MR) is 76.7 cm³/mol. The van der Waals surface area contributed by atoms with Gasteiger partial charge in [-0.25, -0.2) is 0 Å². The molecule has 1 N–H and O–H groups in total. The molecule has 1 heterocycles. The van der Waals surface area contributed by atoms with Gasteiger partial charge in [-0.3, -0.25) is 4.90 Å². The van der Waals surface area contributed by atoms with Gasteiger partial charge in [0.1, 0.15) is 11.5 Å². The lowest BCUT2D eigenvalue weighted by Crippen LogP contribution is -2.39. The molecule has 0 aliphatic carbocycles. The Bertz CT molecular complexity index is 369. The molecule has 1 aromatic rings. The van der Waals surface area contributed by atoms with Gasteiger partial charge in [-0.15, -0.1) is 0 Å². The van der Waals surface area contributed by atoms with Crippen molar-refractivity contribution in [2.75, 3.05) is 13.6 Å². The molecule has 0 bridgehead atoms. The van der Waals surface area contributed by atoms with Crippen LogP contribution in [0.1, 0.15) is 51.2 Å². The molecule has 0 atom stereocenters. The summed E-state index contributed by atoms with van der Waals surface area (Å²) in [6.07, 6.45) is 1.13. The van der Waals surface area contributed by atoms with Crippen molar-refractivity contribution in [3.63, 3.8) is 0 Å². The average molecular weight is 252 g/mol. The summed E-state index contributed by atoms with van der Waals surface area (Å²) < 4.78 is 5.84. The lowest BCUT2D eigenvalue weighted by Gasteiger charge is -2.34. The van der Waals surface area contributed by atoms with Crippen molar-refractivity contribution in [1.82, 2.24) is 10.2 Å². The average Bonchev–Trinajstić information content (AvgIpc) is 2.66. The third kappa shape index (κ3) is 3.85. The number of aryl methyl sites for hydroxylation is 1. The minimum atomic E-state index is 0.211. The zero-order chi connectivity index (χ0) is 13.8. The molecule has 0 aromatic carbocycles. The van der Waals surface area contributed by atoms with Crippen molar-refractivity contribution >= 4 is 0 Å². The van der Waals surface area contributed by atoms with Crippen molar-refractivity contribution < 1.29 is 4.42 Å². The molecule has 0 saturated carbocycles. The monoisotopic (exact) mass is 252 g/mol. The van der Waals surface area contributed by atoms with Gasteiger partial charge in [0.05, 0.1) is 6.54 Å². The summed E-state index contributed by atoms with van der Waals surface area (Å²) >= 11 is 0. The van der Waals surface area contributed by atoms with E-state index in [1.807, 2.05) is 6.92 Å². The van der Waals surface area contributed by atoms with Crippen molar-refractivity contribution in [2.45, 2.75) is 59.7 Å². The van der Waals surface area contributed by atoms with Crippen LogP contribution in [0.4, 0.5) is 0 Å². The van der Waals surface area contributed by atoms with Crippen LogP contribution in [0.5, 0.6) is 0 Å². The second-order valence-corrected chi connectivity index (χ2v) is 5.60. The minimum absolute atomic E-state index is 0.211. The molecule has 3 heteroatoms. The van der Waals surface area contributed by atoms with Crippen LogP contribution < -0.4 is 5.32 Å². The van der Waals surface area contributed by atoms with Gasteiger partial charge in [0.25, 0.3) is 0 Å². The molecular weight excluding hydrogens is 224 g/mol. The molecule has 0 radical (unpaired) electrons. The molecular formula is C15H28N2O. The summed E-state index contributed by atoms with van der Waals surface area (Å²) in [5.41, 5.74) is 1.48. The standard InChI is InChI=1S/C15H28N2O/c1-7-15(4,5)17(6)11-14-9-13(10-16-8-2)12(3)18-14/h9,16H,7-8,10-11H2,1-6H3. The van der Waals surface area contributed by atoms with E-state index < -0.39 is 0 Å². The maximum absolute atomic E-state index is 5.84. The van der Waals surface area contributed by atoms with E-state index in [9.17, 15) is 0 Å². The molecule has 0 saturated heterocycles. The summed E-state index contributed by atoms with van der Waals surface area (Å²) in [4.78, 5) is 2.35. The second kappa shape index (κ2) is 6.39. The summed E-state index contributed by atoms with van der Waals surface area (Å²) in [7, 11) is 2.16. The van der Waals surface area contributed by atoms with Gasteiger partial charge in [-0.1, -0.05) is 13.8 Å². The topological polar surface area (TPSA) is 28.4 Å². The molecule has 0 fully saturated rings. The lowest BCUT2D eigenvalue weighted by molar-refractivity contribution is 0.132. The third-order valence-electron chi connectivity index (χ3n) is 3.93. The van der Waals surface area contributed by atoms with Crippen LogP contribution in [0.3, 0.4) is 0 Å². The molecule has 18 heavy (non-hydrogen) atoms. The highest BCUT2D eigenvalue weighted by molar-refractivity contribution is 5.20. The molecule has 0 spiro atoms. The maximum atomic E-state index is 5.84. The van der Waals surface area contributed by atoms with Gasteiger partial charge >= 0.3 is 0 Å². The zero-order valence-electron chi connectivity index (χ0n) is 12.8. The van der Waals surface area contributed by atoms with Crippen LogP contribution in [0.2, 0.25) is 0 Å². The molecule has 1 rings (SSSR count). The molecule has 0 aliphatic heterocycles. The normalized spacial score (nSPS) is 12.4. The van der Waals surface area contributed by atoms with E-state index in [1.165, 1.54) is 5.56 Å². The number of nitrogens with one attached hydrogen (secondary N) is 1. The van der Waals surface area contributed by atoms with Crippen LogP contribution in [0.15, 0.2) is 10.5 Å². The fourth-order valence-electron chi connectivity index (χ4n) is 1.82. The highest BCUT2D eigenvalue weighted by Gasteiger charge is 2.22. The number of nitrogens with zero attached hydrogens (tertiary/aromatic N) is 1. The Labute approximate surface area is 112 Å². The van der Waals surface area contributed by atoms with E-state index in [0.717, 1.165) is 37.6 Å². The zero-order valence-corrected chi connectivity index (χ0v) is 12.8. The van der Waals surface area contributed by atoms with Crippen molar-refractivity contribution in [2.24, 2.45) is 0 Å². The van der Waals surface area contributed by atoms with E-state index in [2.05, 4.69) is 51.0 Å². The first-order valence-corrected chi connectivity index (χ1v) is 6.90. The maximum Gasteiger partial charge on any atom is 0.118 e. The molecule has 3 nitrogen and oxygen atoms in total. The van der Waals surface area contributed by atoms with E-state index in [0.29, 0.717) is 0 Å². The fourth-order valence-corrected chi connectivity index (χ4v) is 1.82.